The highest BCUT2D eigenvalue weighted by Gasteiger charge is 2.24. The smallest absolute Gasteiger partial charge is 0.317 e. The lowest BCUT2D eigenvalue weighted by Crippen LogP contribution is -2.23. The zero-order valence-corrected chi connectivity index (χ0v) is 12.9. The summed E-state index contributed by atoms with van der Waals surface area (Å²) in [7, 11) is 0. The number of hydrazone groups is 2. The Balaban J connectivity index is -0.000000329. The number of nitrogens with one attached hydrogen (secondary N) is 2. The van der Waals surface area contributed by atoms with Crippen molar-refractivity contribution in [2.45, 2.75) is 39.0 Å². The molecule has 0 aromatic heterocycles. The largest absolute Gasteiger partial charge is 0.481 e. The number of carbonyl (C=O) groups is 2. The molecular formula is C11H24N8O4. The number of nitrogens with zero attached hydrogens (tertiary/aromatic N) is 4. The topological polar surface area (TPSA) is 224 Å². The molecule has 0 heterocycles. The van der Waals surface area contributed by atoms with E-state index in [-0.39, 0.29) is 6.42 Å². The summed E-state index contributed by atoms with van der Waals surface area (Å²) in [5, 5.41) is 28.2. The predicted octanol–water partition coefficient (Wildman–Crippen LogP) is 1.58. The summed E-state index contributed by atoms with van der Waals surface area (Å²) in [6.07, 6.45) is 5.81. The van der Waals surface area contributed by atoms with Crippen LogP contribution in [0, 0.1) is 17.0 Å². The molecule has 12 nitrogen and oxygen atoms in total. The van der Waals surface area contributed by atoms with Crippen molar-refractivity contribution in [2.24, 2.45) is 38.0 Å². The number of nitrogens with two attached hydrogens (primary N) is 2. The van der Waals surface area contributed by atoms with Gasteiger partial charge in [-0.2, -0.15) is 10.2 Å². The molecule has 0 saturated carbocycles. The van der Waals surface area contributed by atoms with E-state index >= 15 is 0 Å². The average Bonchev–Trinajstić information content (AvgIpc) is 2.49. The highest BCUT2D eigenvalue weighted by atomic mass is 16.4. The Bertz CT molecular complexity index is 356. The lowest BCUT2D eigenvalue weighted by Gasteiger charge is -2.05. The van der Waals surface area contributed by atoms with Gasteiger partial charge in [-0.05, 0) is 6.42 Å². The molecule has 0 aromatic carbocycles. The maximum Gasteiger partial charge on any atom is 0.317 e. The molecule has 0 rings (SSSR count). The fraction of sp³-hybridized carbons (Fsp3) is 0.636. The van der Waals surface area contributed by atoms with E-state index in [0.717, 1.165) is 31.9 Å². The Kier molecular flexibility index (Phi) is 23.3. The Morgan fingerprint density at radius 1 is 1.00 bits per heavy atom. The van der Waals surface area contributed by atoms with Crippen molar-refractivity contribution >= 4 is 24.6 Å². The van der Waals surface area contributed by atoms with E-state index in [0.29, 0.717) is 6.42 Å². The van der Waals surface area contributed by atoms with Gasteiger partial charge in [0, 0.05) is 0 Å². The van der Waals surface area contributed by atoms with E-state index in [2.05, 4.69) is 32.1 Å². The summed E-state index contributed by atoms with van der Waals surface area (Å²) in [5.41, 5.74) is 12.0. The Morgan fingerprint density at radius 3 is 1.65 bits per heavy atom. The summed E-state index contributed by atoms with van der Waals surface area (Å²) in [5.74, 6) is 5.30. The first-order valence-electron chi connectivity index (χ1n) is 6.54. The van der Waals surface area contributed by atoms with Crippen molar-refractivity contribution in [2.75, 3.05) is 0 Å². The van der Waals surface area contributed by atoms with Crippen molar-refractivity contribution in [1.82, 2.24) is 0 Å². The molecule has 0 saturated heterocycles. The number of unbranched alkanes of at least 4 members (excludes halogenated alkanes) is 3. The van der Waals surface area contributed by atoms with E-state index in [1.165, 1.54) is 0 Å². The second-order valence-electron chi connectivity index (χ2n) is 3.87. The number of carboxylic acids is 2. The monoisotopic (exact) mass is 332 g/mol. The minimum atomic E-state index is -1.23. The van der Waals surface area contributed by atoms with Crippen molar-refractivity contribution in [3.63, 3.8) is 0 Å². The van der Waals surface area contributed by atoms with Crippen molar-refractivity contribution in [1.29, 1.82) is 11.1 Å². The Hall–Kier alpha value is -2.92. The molecule has 0 spiro atoms. The van der Waals surface area contributed by atoms with Crippen LogP contribution in [0.1, 0.15) is 39.0 Å². The van der Waals surface area contributed by atoms with Gasteiger partial charge in [-0.15, -0.1) is 10.2 Å². The quantitative estimate of drug-likeness (QED) is 0.0698. The first-order chi connectivity index (χ1) is 10.9. The normalized spacial score (nSPS) is 9.65. The van der Waals surface area contributed by atoms with Crippen LogP contribution >= 0.6 is 0 Å². The Morgan fingerprint density at radius 2 is 1.43 bits per heavy atom. The van der Waals surface area contributed by atoms with Gasteiger partial charge in [-0.25, -0.2) is 11.1 Å². The molecule has 0 aliphatic carbocycles. The number of hydrogen-bond donors (Lipinski definition) is 6. The van der Waals surface area contributed by atoms with Gasteiger partial charge in [0.15, 0.2) is 18.6 Å². The van der Waals surface area contributed by atoms with Gasteiger partial charge in [-0.3, -0.25) is 9.59 Å². The van der Waals surface area contributed by atoms with Crippen LogP contribution in [0.15, 0.2) is 20.4 Å². The molecule has 0 unspecified atom stereocenters. The van der Waals surface area contributed by atoms with Crippen LogP contribution in [0.5, 0.6) is 0 Å². The molecule has 0 bridgehead atoms. The van der Waals surface area contributed by atoms with Gasteiger partial charge in [0.05, 0.1) is 0 Å². The van der Waals surface area contributed by atoms with Gasteiger partial charge in [-0.1, -0.05) is 32.6 Å². The lowest BCUT2D eigenvalue weighted by molar-refractivity contribution is -0.154. The Labute approximate surface area is 133 Å². The first kappa shape index (κ1) is 25.1. The summed E-state index contributed by atoms with van der Waals surface area (Å²) in [6.45, 7) is 2.05. The molecule has 0 atom stereocenters. The van der Waals surface area contributed by atoms with Gasteiger partial charge in [0.2, 0.25) is 0 Å². The van der Waals surface area contributed by atoms with E-state index < -0.39 is 17.9 Å². The van der Waals surface area contributed by atoms with Crippen LogP contribution in [0.2, 0.25) is 0 Å². The fourth-order valence-electron chi connectivity index (χ4n) is 1.19. The number of rotatable bonds is 9. The van der Waals surface area contributed by atoms with Crippen molar-refractivity contribution in [3.05, 3.63) is 0 Å². The second-order valence-corrected chi connectivity index (χ2v) is 3.87. The minimum Gasteiger partial charge on any atom is -0.481 e. The SMILES string of the molecule is CCCCCCC(C(=O)O)C(=O)O.N=NC=NN.N=NC=NN. The van der Waals surface area contributed by atoms with Crippen LogP contribution in [-0.4, -0.2) is 34.8 Å². The summed E-state index contributed by atoms with van der Waals surface area (Å²) < 4.78 is 0. The van der Waals surface area contributed by atoms with E-state index in [1.54, 1.807) is 0 Å². The van der Waals surface area contributed by atoms with Crippen LogP contribution in [-0.2, 0) is 9.59 Å². The molecule has 12 heteroatoms. The molecule has 0 aliphatic rings. The van der Waals surface area contributed by atoms with Crippen molar-refractivity contribution < 1.29 is 19.8 Å². The predicted molar refractivity (Wildman–Crippen MR) is 83.2 cm³/mol. The zero-order chi connectivity index (χ0) is 18.5. The maximum atomic E-state index is 10.4. The highest BCUT2D eigenvalue weighted by Crippen LogP contribution is 2.11. The molecule has 132 valence electrons. The molecule has 8 N–H and O–H groups in total. The summed E-state index contributed by atoms with van der Waals surface area (Å²) in [6, 6.07) is 0. The van der Waals surface area contributed by atoms with Crippen molar-refractivity contribution in [3.8, 4) is 0 Å². The van der Waals surface area contributed by atoms with Gasteiger partial charge in [0.25, 0.3) is 0 Å². The van der Waals surface area contributed by atoms with Crippen LogP contribution in [0.3, 0.4) is 0 Å². The lowest BCUT2D eigenvalue weighted by atomic mass is 10.0. The maximum absolute atomic E-state index is 10.4. The molecular weight excluding hydrogens is 308 g/mol. The van der Waals surface area contributed by atoms with E-state index in [4.69, 9.17) is 21.3 Å². The molecule has 0 amide bonds. The van der Waals surface area contributed by atoms with Crippen LogP contribution in [0.25, 0.3) is 0 Å². The zero-order valence-electron chi connectivity index (χ0n) is 12.9. The molecule has 0 fully saturated rings. The fourth-order valence-corrected chi connectivity index (χ4v) is 1.19. The first-order valence-corrected chi connectivity index (χ1v) is 6.54. The van der Waals surface area contributed by atoms with Gasteiger partial charge >= 0.3 is 11.9 Å². The molecule has 0 radical (unpaired) electrons. The van der Waals surface area contributed by atoms with Crippen LogP contribution < -0.4 is 11.7 Å². The third kappa shape index (κ3) is 24.5. The number of carboxylic acid groups (broad SMARTS) is 2. The standard InChI is InChI=1S/C9H16O4.2CH4N4/c1-2-3-4-5-6-7(8(10)11)9(12)13;2*2-4-1-5-3/h7H,2-6H2,1H3,(H,10,11)(H,12,13);2*1-2H,3H2. The molecule has 0 aromatic rings. The number of aliphatic carboxylic acids is 2. The minimum absolute atomic E-state index is 0.241. The van der Waals surface area contributed by atoms with Gasteiger partial charge < -0.3 is 21.9 Å². The second kappa shape index (κ2) is 21.4. The third-order valence-electron chi connectivity index (χ3n) is 2.19. The van der Waals surface area contributed by atoms with Crippen LogP contribution in [0.4, 0.5) is 0 Å². The van der Waals surface area contributed by atoms with E-state index in [1.807, 2.05) is 6.92 Å². The molecule has 23 heavy (non-hydrogen) atoms. The average molecular weight is 332 g/mol. The third-order valence-corrected chi connectivity index (χ3v) is 2.19. The summed E-state index contributed by atoms with van der Waals surface area (Å²) in [4.78, 5) is 20.8. The number of hydrogen-bond acceptors (Lipinski definition) is 8. The highest BCUT2D eigenvalue weighted by molar-refractivity contribution is 5.92. The van der Waals surface area contributed by atoms with Gasteiger partial charge in [0.1, 0.15) is 0 Å². The van der Waals surface area contributed by atoms with E-state index in [9.17, 15) is 9.59 Å². The summed E-state index contributed by atoms with van der Waals surface area (Å²) >= 11 is 0. The molecule has 0 aliphatic heterocycles.